The molecule has 1 saturated heterocycles. The average Bonchev–Trinajstić information content (AvgIpc) is 2.91. The van der Waals surface area contributed by atoms with E-state index >= 15 is 0 Å². The topological polar surface area (TPSA) is 59.1 Å². The van der Waals surface area contributed by atoms with Gasteiger partial charge in [0.2, 0.25) is 0 Å². The van der Waals surface area contributed by atoms with Crippen molar-refractivity contribution < 1.29 is 4.74 Å². The van der Waals surface area contributed by atoms with Gasteiger partial charge < -0.3 is 15.4 Å². The zero-order valence-corrected chi connectivity index (χ0v) is 11.9. The minimum Gasteiger partial charge on any atom is -0.378 e. The van der Waals surface area contributed by atoms with Crippen molar-refractivity contribution in [2.75, 3.05) is 30.3 Å². The molecule has 1 aromatic rings. The Balaban J connectivity index is 1.85. The van der Waals surface area contributed by atoms with Crippen molar-refractivity contribution in [3.8, 4) is 0 Å². The minimum atomic E-state index is 0.395. The van der Waals surface area contributed by atoms with E-state index in [-0.39, 0.29) is 0 Å². The third kappa shape index (κ3) is 4.06. The molecule has 2 N–H and O–H groups in total. The van der Waals surface area contributed by atoms with Crippen molar-refractivity contribution in [1.82, 2.24) is 9.97 Å². The molecule has 0 radical (unpaired) electrons. The predicted molar refractivity (Wildman–Crippen MR) is 77.4 cm³/mol. The fourth-order valence-corrected chi connectivity index (χ4v) is 2.42. The van der Waals surface area contributed by atoms with Crippen LogP contribution in [0.4, 0.5) is 11.6 Å². The van der Waals surface area contributed by atoms with Crippen LogP contribution in [0.5, 0.6) is 0 Å². The first-order valence-corrected chi connectivity index (χ1v) is 7.24. The molecule has 1 aromatic heterocycles. The van der Waals surface area contributed by atoms with Gasteiger partial charge in [-0.2, -0.15) is 0 Å². The van der Waals surface area contributed by atoms with Crippen LogP contribution in [-0.2, 0) is 4.74 Å². The van der Waals surface area contributed by atoms with Gasteiger partial charge in [-0.25, -0.2) is 9.97 Å². The number of nitrogens with one attached hydrogen (secondary N) is 2. The van der Waals surface area contributed by atoms with Crippen molar-refractivity contribution in [3.63, 3.8) is 0 Å². The Morgan fingerprint density at radius 3 is 2.79 bits per heavy atom. The van der Waals surface area contributed by atoms with E-state index in [0.717, 1.165) is 50.6 Å². The fraction of sp³-hybridized carbons (Fsp3) is 0.714. The van der Waals surface area contributed by atoms with E-state index < -0.39 is 0 Å². The Labute approximate surface area is 115 Å². The lowest BCUT2D eigenvalue weighted by molar-refractivity contribution is 0.0900. The number of anilines is 2. The summed E-state index contributed by atoms with van der Waals surface area (Å²) in [5.74, 6) is 2.36. The van der Waals surface area contributed by atoms with Crippen LogP contribution >= 0.6 is 0 Å². The van der Waals surface area contributed by atoms with Crippen LogP contribution in [-0.4, -0.2) is 35.8 Å². The highest BCUT2D eigenvalue weighted by Gasteiger charge is 2.26. The first-order chi connectivity index (χ1) is 9.33. The molecule has 19 heavy (non-hydrogen) atoms. The summed E-state index contributed by atoms with van der Waals surface area (Å²) in [4.78, 5) is 8.46. The number of rotatable bonds is 7. The van der Waals surface area contributed by atoms with Gasteiger partial charge in [0.15, 0.2) is 0 Å². The number of hydrogen-bond acceptors (Lipinski definition) is 5. The number of nitrogens with zero attached hydrogens (tertiary/aromatic N) is 2. The van der Waals surface area contributed by atoms with Gasteiger partial charge in [0.05, 0.1) is 6.10 Å². The molecule has 0 spiro atoms. The van der Waals surface area contributed by atoms with E-state index in [1.165, 1.54) is 0 Å². The normalized spacial score (nSPS) is 22.4. The highest BCUT2D eigenvalue weighted by atomic mass is 16.5. The van der Waals surface area contributed by atoms with Gasteiger partial charge in [-0.3, -0.25) is 0 Å². The summed E-state index contributed by atoms with van der Waals surface area (Å²) < 4.78 is 5.69. The lowest BCUT2D eigenvalue weighted by atomic mass is 10.00. The van der Waals surface area contributed by atoms with Crippen molar-refractivity contribution in [3.05, 3.63) is 12.4 Å². The van der Waals surface area contributed by atoms with E-state index in [2.05, 4.69) is 34.4 Å². The SMILES string of the molecule is CCCNc1cc(NCC2CCOC2CC)ncn1. The summed E-state index contributed by atoms with van der Waals surface area (Å²) in [6, 6.07) is 1.96. The molecule has 1 aliphatic rings. The van der Waals surface area contributed by atoms with Crippen molar-refractivity contribution >= 4 is 11.6 Å². The maximum absolute atomic E-state index is 5.69. The second kappa shape index (κ2) is 7.28. The third-order valence-electron chi connectivity index (χ3n) is 3.52. The average molecular weight is 264 g/mol. The van der Waals surface area contributed by atoms with Gasteiger partial charge in [0, 0.05) is 31.7 Å². The summed E-state index contributed by atoms with van der Waals surface area (Å²) in [5, 5.41) is 6.66. The summed E-state index contributed by atoms with van der Waals surface area (Å²) >= 11 is 0. The molecule has 2 atom stereocenters. The molecule has 0 aliphatic carbocycles. The Morgan fingerprint density at radius 2 is 2.05 bits per heavy atom. The summed E-state index contributed by atoms with van der Waals surface area (Å²) in [5.41, 5.74) is 0. The number of aromatic nitrogens is 2. The van der Waals surface area contributed by atoms with Crippen LogP contribution in [0, 0.1) is 5.92 Å². The van der Waals surface area contributed by atoms with Crippen molar-refractivity contribution in [1.29, 1.82) is 0 Å². The quantitative estimate of drug-likeness (QED) is 0.792. The van der Waals surface area contributed by atoms with Gasteiger partial charge >= 0.3 is 0 Å². The van der Waals surface area contributed by atoms with E-state index in [1.54, 1.807) is 6.33 Å². The molecule has 0 amide bonds. The van der Waals surface area contributed by atoms with E-state index in [9.17, 15) is 0 Å². The lowest BCUT2D eigenvalue weighted by Crippen LogP contribution is -2.23. The highest BCUT2D eigenvalue weighted by molar-refractivity contribution is 5.46. The smallest absolute Gasteiger partial charge is 0.131 e. The van der Waals surface area contributed by atoms with Gasteiger partial charge in [-0.05, 0) is 19.3 Å². The molecule has 106 valence electrons. The maximum atomic E-state index is 5.69. The number of ether oxygens (including phenoxy) is 1. The predicted octanol–water partition coefficient (Wildman–Crippen LogP) is 2.53. The lowest BCUT2D eigenvalue weighted by Gasteiger charge is -2.17. The Bertz CT molecular complexity index is 385. The maximum Gasteiger partial charge on any atom is 0.131 e. The summed E-state index contributed by atoms with van der Waals surface area (Å²) in [7, 11) is 0. The first kappa shape index (κ1) is 14.1. The van der Waals surface area contributed by atoms with Gasteiger partial charge in [-0.15, -0.1) is 0 Å². The molecular formula is C14H24N4O. The van der Waals surface area contributed by atoms with Crippen LogP contribution in [0.3, 0.4) is 0 Å². The van der Waals surface area contributed by atoms with Crippen LogP contribution in [0.25, 0.3) is 0 Å². The first-order valence-electron chi connectivity index (χ1n) is 7.24. The molecule has 0 aromatic carbocycles. The molecule has 2 rings (SSSR count). The second-order valence-corrected chi connectivity index (χ2v) is 4.96. The van der Waals surface area contributed by atoms with Crippen LogP contribution in [0.1, 0.15) is 33.1 Å². The molecule has 0 saturated carbocycles. The zero-order valence-electron chi connectivity index (χ0n) is 11.9. The molecule has 2 unspecified atom stereocenters. The van der Waals surface area contributed by atoms with Crippen LogP contribution in [0.15, 0.2) is 12.4 Å². The molecule has 5 nitrogen and oxygen atoms in total. The molecule has 1 fully saturated rings. The summed E-state index contributed by atoms with van der Waals surface area (Å²) in [6.45, 7) is 7.06. The van der Waals surface area contributed by atoms with E-state index in [1.807, 2.05) is 6.07 Å². The number of hydrogen-bond donors (Lipinski definition) is 2. The van der Waals surface area contributed by atoms with Crippen LogP contribution in [0.2, 0.25) is 0 Å². The van der Waals surface area contributed by atoms with Crippen molar-refractivity contribution in [2.24, 2.45) is 5.92 Å². The van der Waals surface area contributed by atoms with Gasteiger partial charge in [0.1, 0.15) is 18.0 Å². The highest BCUT2D eigenvalue weighted by Crippen LogP contribution is 2.23. The third-order valence-corrected chi connectivity index (χ3v) is 3.52. The molecule has 1 aliphatic heterocycles. The Hall–Kier alpha value is -1.36. The standard InChI is InChI=1S/C14H24N4O/c1-3-6-15-13-8-14(18-10-17-13)16-9-11-5-7-19-12(11)4-2/h8,10-12H,3-7,9H2,1-2H3,(H2,15,16,17,18). The van der Waals surface area contributed by atoms with Gasteiger partial charge in [-0.1, -0.05) is 13.8 Å². The van der Waals surface area contributed by atoms with Crippen LogP contribution < -0.4 is 10.6 Å². The zero-order chi connectivity index (χ0) is 13.5. The van der Waals surface area contributed by atoms with E-state index in [4.69, 9.17) is 4.74 Å². The Morgan fingerprint density at radius 1 is 1.26 bits per heavy atom. The monoisotopic (exact) mass is 264 g/mol. The molecule has 0 bridgehead atoms. The van der Waals surface area contributed by atoms with Gasteiger partial charge in [0.25, 0.3) is 0 Å². The fourth-order valence-electron chi connectivity index (χ4n) is 2.42. The summed E-state index contributed by atoms with van der Waals surface area (Å²) in [6.07, 6.45) is 5.30. The second-order valence-electron chi connectivity index (χ2n) is 4.96. The molecular weight excluding hydrogens is 240 g/mol. The molecule has 5 heteroatoms. The van der Waals surface area contributed by atoms with Crippen molar-refractivity contribution in [2.45, 2.75) is 39.2 Å². The Kier molecular flexibility index (Phi) is 5.39. The largest absolute Gasteiger partial charge is 0.378 e. The van der Waals surface area contributed by atoms with E-state index in [0.29, 0.717) is 12.0 Å². The molecule has 2 heterocycles. The minimum absolute atomic E-state index is 0.395.